The van der Waals surface area contributed by atoms with Crippen molar-refractivity contribution in [1.29, 1.82) is 0 Å². The molecule has 6 heteroatoms. The summed E-state index contributed by atoms with van der Waals surface area (Å²) in [5.41, 5.74) is 0.911. The SMILES string of the molecule is CCCCCCCCCCCCC/C=C\[C@@H]1O[C@H](c2ccccc2)OC[C@H]1OS(C)(=O)=O. The predicted molar refractivity (Wildman–Crippen MR) is 130 cm³/mol. The lowest BCUT2D eigenvalue weighted by Crippen LogP contribution is -2.42. The number of benzene rings is 1. The molecule has 0 radical (unpaired) electrons. The van der Waals surface area contributed by atoms with Crippen LogP contribution >= 0.6 is 0 Å². The van der Waals surface area contributed by atoms with Crippen LogP contribution < -0.4 is 0 Å². The summed E-state index contributed by atoms with van der Waals surface area (Å²) in [5, 5.41) is 0. The maximum Gasteiger partial charge on any atom is 0.264 e. The molecule has 0 unspecified atom stereocenters. The molecule has 1 fully saturated rings. The fourth-order valence-corrected chi connectivity index (χ4v) is 4.58. The van der Waals surface area contributed by atoms with Crippen molar-refractivity contribution in [1.82, 2.24) is 0 Å². The van der Waals surface area contributed by atoms with Crippen molar-refractivity contribution in [2.45, 2.75) is 102 Å². The van der Waals surface area contributed by atoms with Crippen LogP contribution in [0.15, 0.2) is 42.5 Å². The van der Waals surface area contributed by atoms with Crippen LogP contribution in [0.1, 0.15) is 95.8 Å². The molecule has 0 aromatic heterocycles. The molecule has 5 nitrogen and oxygen atoms in total. The van der Waals surface area contributed by atoms with Gasteiger partial charge >= 0.3 is 0 Å². The number of hydrogen-bond donors (Lipinski definition) is 0. The minimum absolute atomic E-state index is 0.167. The number of allylic oxidation sites excluding steroid dienone is 1. The zero-order chi connectivity index (χ0) is 23.1. The highest BCUT2D eigenvalue weighted by Gasteiger charge is 2.34. The van der Waals surface area contributed by atoms with Gasteiger partial charge in [0.2, 0.25) is 0 Å². The van der Waals surface area contributed by atoms with E-state index in [9.17, 15) is 8.42 Å². The van der Waals surface area contributed by atoms with E-state index in [-0.39, 0.29) is 6.61 Å². The third-order valence-electron chi connectivity index (χ3n) is 5.73. The Bertz CT molecular complexity index is 732. The molecule has 1 aromatic rings. The van der Waals surface area contributed by atoms with E-state index in [2.05, 4.69) is 13.0 Å². The fraction of sp³-hybridized carbons (Fsp3) is 0.692. The van der Waals surface area contributed by atoms with E-state index < -0.39 is 28.6 Å². The number of rotatable bonds is 16. The van der Waals surface area contributed by atoms with Gasteiger partial charge in [0, 0.05) is 5.56 Å². The highest BCUT2D eigenvalue weighted by atomic mass is 32.2. The van der Waals surface area contributed by atoms with Gasteiger partial charge < -0.3 is 9.47 Å². The second-order valence-corrected chi connectivity index (χ2v) is 10.4. The first kappa shape index (κ1) is 27.0. The van der Waals surface area contributed by atoms with Crippen molar-refractivity contribution in [2.24, 2.45) is 0 Å². The van der Waals surface area contributed by atoms with E-state index in [4.69, 9.17) is 13.7 Å². The lowest BCUT2D eigenvalue weighted by Gasteiger charge is -2.34. The van der Waals surface area contributed by atoms with Gasteiger partial charge in [0.1, 0.15) is 12.2 Å². The monoisotopic (exact) mass is 466 g/mol. The zero-order valence-corrected chi connectivity index (χ0v) is 20.7. The lowest BCUT2D eigenvalue weighted by atomic mass is 10.0. The van der Waals surface area contributed by atoms with E-state index >= 15 is 0 Å². The van der Waals surface area contributed by atoms with Gasteiger partial charge in [-0.3, -0.25) is 4.18 Å². The molecule has 1 aliphatic rings. The summed E-state index contributed by atoms with van der Waals surface area (Å²) in [5.74, 6) is 0. The summed E-state index contributed by atoms with van der Waals surface area (Å²) in [6, 6.07) is 9.67. The molecule has 0 aliphatic carbocycles. The van der Waals surface area contributed by atoms with Crippen molar-refractivity contribution in [3.05, 3.63) is 48.0 Å². The summed E-state index contributed by atoms with van der Waals surface area (Å²) in [7, 11) is -3.59. The van der Waals surface area contributed by atoms with Crippen molar-refractivity contribution in [3.8, 4) is 0 Å². The molecule has 0 amide bonds. The fourth-order valence-electron chi connectivity index (χ4n) is 3.96. The van der Waals surface area contributed by atoms with Gasteiger partial charge in [-0.05, 0) is 12.8 Å². The minimum atomic E-state index is -3.59. The maximum atomic E-state index is 11.6. The Kier molecular flexibility index (Phi) is 13.2. The molecule has 1 aliphatic heterocycles. The maximum absolute atomic E-state index is 11.6. The van der Waals surface area contributed by atoms with E-state index in [1.54, 1.807) is 0 Å². The first-order valence-corrected chi connectivity index (χ1v) is 14.2. The van der Waals surface area contributed by atoms with Crippen molar-refractivity contribution < 1.29 is 22.1 Å². The molecule has 0 saturated carbocycles. The van der Waals surface area contributed by atoms with Crippen LogP contribution in [0.4, 0.5) is 0 Å². The Balaban J connectivity index is 1.68. The average Bonchev–Trinajstić information content (AvgIpc) is 2.77. The summed E-state index contributed by atoms with van der Waals surface area (Å²) < 4.78 is 40.2. The molecule has 1 aromatic carbocycles. The van der Waals surface area contributed by atoms with Gasteiger partial charge in [0.25, 0.3) is 10.1 Å². The first-order valence-electron chi connectivity index (χ1n) is 12.4. The molecule has 0 N–H and O–H groups in total. The van der Waals surface area contributed by atoms with Gasteiger partial charge in [-0.15, -0.1) is 0 Å². The second-order valence-electron chi connectivity index (χ2n) is 8.77. The van der Waals surface area contributed by atoms with E-state index in [0.717, 1.165) is 24.7 Å². The first-order chi connectivity index (χ1) is 15.5. The quantitative estimate of drug-likeness (QED) is 0.154. The Morgan fingerprint density at radius 2 is 1.53 bits per heavy atom. The molecule has 2 rings (SSSR count). The third kappa shape index (κ3) is 11.6. The van der Waals surface area contributed by atoms with Gasteiger partial charge in [0.05, 0.1) is 12.9 Å². The molecular formula is C26H42O5S. The van der Waals surface area contributed by atoms with Crippen LogP contribution in [0.2, 0.25) is 0 Å². The Morgan fingerprint density at radius 1 is 0.938 bits per heavy atom. The van der Waals surface area contributed by atoms with E-state index in [1.165, 1.54) is 64.2 Å². The summed E-state index contributed by atoms with van der Waals surface area (Å²) in [6.45, 7) is 2.43. The number of hydrogen-bond acceptors (Lipinski definition) is 5. The molecule has 3 atom stereocenters. The Labute approximate surface area is 195 Å². The predicted octanol–water partition coefficient (Wildman–Crippen LogP) is 6.70. The van der Waals surface area contributed by atoms with Gasteiger partial charge in [-0.25, -0.2) is 0 Å². The van der Waals surface area contributed by atoms with Crippen LogP contribution in [0.25, 0.3) is 0 Å². The molecular weight excluding hydrogens is 424 g/mol. The van der Waals surface area contributed by atoms with Crippen molar-refractivity contribution in [2.75, 3.05) is 12.9 Å². The zero-order valence-electron chi connectivity index (χ0n) is 19.9. The normalized spacial score (nSPS) is 21.9. The van der Waals surface area contributed by atoms with Crippen LogP contribution in [-0.4, -0.2) is 33.5 Å². The molecule has 1 heterocycles. The van der Waals surface area contributed by atoms with Crippen LogP contribution in [-0.2, 0) is 23.8 Å². The van der Waals surface area contributed by atoms with Crippen molar-refractivity contribution in [3.63, 3.8) is 0 Å². The number of ether oxygens (including phenoxy) is 2. The Morgan fingerprint density at radius 3 is 2.12 bits per heavy atom. The standard InChI is InChI=1S/C26H42O5S/c1-3-4-5-6-7-8-9-10-11-12-13-14-18-21-24-25(31-32(2,27)28)22-29-26(30-24)23-19-16-15-17-20-23/h15-21,24-26H,3-14,22H2,1-2H3/b21-18-/t24-,25+,26+/m0/s1. The molecule has 182 valence electrons. The van der Waals surface area contributed by atoms with Crippen LogP contribution in [0, 0.1) is 0 Å². The van der Waals surface area contributed by atoms with Gasteiger partial charge in [-0.2, -0.15) is 8.42 Å². The van der Waals surface area contributed by atoms with E-state index in [1.807, 2.05) is 36.4 Å². The highest BCUT2D eigenvalue weighted by molar-refractivity contribution is 7.86. The number of unbranched alkanes of at least 4 members (excludes halogenated alkanes) is 11. The summed E-state index contributed by atoms with van der Waals surface area (Å²) in [6.07, 6.45) is 18.9. The van der Waals surface area contributed by atoms with Gasteiger partial charge in [-0.1, -0.05) is 114 Å². The van der Waals surface area contributed by atoms with Gasteiger partial charge in [0.15, 0.2) is 6.29 Å². The minimum Gasteiger partial charge on any atom is -0.345 e. The van der Waals surface area contributed by atoms with Crippen LogP contribution in [0.5, 0.6) is 0 Å². The van der Waals surface area contributed by atoms with Crippen molar-refractivity contribution >= 4 is 10.1 Å². The molecule has 0 spiro atoms. The highest BCUT2D eigenvalue weighted by Crippen LogP contribution is 2.29. The molecule has 0 bridgehead atoms. The smallest absolute Gasteiger partial charge is 0.264 e. The summed E-state index contributed by atoms with van der Waals surface area (Å²) in [4.78, 5) is 0. The second kappa shape index (κ2) is 15.6. The molecule has 1 saturated heterocycles. The average molecular weight is 467 g/mol. The summed E-state index contributed by atoms with van der Waals surface area (Å²) >= 11 is 0. The van der Waals surface area contributed by atoms with Crippen LogP contribution in [0.3, 0.4) is 0 Å². The Hall–Kier alpha value is -1.21. The molecule has 32 heavy (non-hydrogen) atoms. The topological polar surface area (TPSA) is 61.8 Å². The largest absolute Gasteiger partial charge is 0.345 e. The lowest BCUT2D eigenvalue weighted by molar-refractivity contribution is -0.238. The van der Waals surface area contributed by atoms with E-state index in [0.29, 0.717) is 0 Å². The third-order valence-corrected chi connectivity index (χ3v) is 6.33.